The summed E-state index contributed by atoms with van der Waals surface area (Å²) in [6, 6.07) is 4.07. The zero-order valence-electron chi connectivity index (χ0n) is 8.41. The summed E-state index contributed by atoms with van der Waals surface area (Å²) in [6.45, 7) is 0. The predicted octanol–water partition coefficient (Wildman–Crippen LogP) is -0.659. The summed E-state index contributed by atoms with van der Waals surface area (Å²) in [5.41, 5.74) is 0.377. The number of rotatable bonds is 3. The van der Waals surface area contributed by atoms with Gasteiger partial charge in [0, 0.05) is 20.2 Å². The first kappa shape index (κ1) is 11.5. The lowest BCUT2D eigenvalue weighted by Crippen LogP contribution is -2.30. The molecule has 6 nitrogen and oxygen atoms in total. The Morgan fingerprint density at radius 2 is 2.00 bits per heavy atom. The third-order valence-electron chi connectivity index (χ3n) is 1.98. The van der Waals surface area contributed by atoms with Gasteiger partial charge in [-0.3, -0.25) is 10.1 Å². The SMILES string of the molecule is CN(C)c1ccc(B(O)O)cc1[N+](=O)[O-]. The van der Waals surface area contributed by atoms with Crippen LogP contribution < -0.4 is 10.4 Å². The molecule has 1 rings (SSSR count). The summed E-state index contributed by atoms with van der Waals surface area (Å²) in [7, 11) is 1.66. The molecule has 0 radical (unpaired) electrons. The van der Waals surface area contributed by atoms with Crippen molar-refractivity contribution in [2.24, 2.45) is 0 Å². The Hall–Kier alpha value is -1.60. The van der Waals surface area contributed by atoms with Gasteiger partial charge in [0.05, 0.1) is 4.92 Å². The standard InChI is InChI=1S/C8H11BN2O4/c1-10(2)7-4-3-6(9(12)13)5-8(7)11(14)15/h3-5,12-13H,1-2H3. The summed E-state index contributed by atoms with van der Waals surface area (Å²) in [5, 5.41) is 28.5. The van der Waals surface area contributed by atoms with E-state index in [4.69, 9.17) is 10.0 Å². The molecule has 0 spiro atoms. The molecular weight excluding hydrogens is 199 g/mol. The van der Waals surface area contributed by atoms with E-state index in [1.807, 2.05) is 0 Å². The van der Waals surface area contributed by atoms with Crippen molar-refractivity contribution in [3.63, 3.8) is 0 Å². The highest BCUT2D eigenvalue weighted by atomic mass is 16.6. The Morgan fingerprint density at radius 1 is 1.40 bits per heavy atom. The van der Waals surface area contributed by atoms with Gasteiger partial charge in [-0.15, -0.1) is 0 Å². The van der Waals surface area contributed by atoms with Crippen molar-refractivity contribution < 1.29 is 15.0 Å². The molecule has 0 fully saturated rings. The number of nitro groups is 1. The number of hydrogen-bond donors (Lipinski definition) is 2. The largest absolute Gasteiger partial charge is 0.488 e. The minimum absolute atomic E-state index is 0.104. The zero-order chi connectivity index (χ0) is 11.6. The van der Waals surface area contributed by atoms with Crippen LogP contribution in [0.15, 0.2) is 18.2 Å². The summed E-state index contributed by atoms with van der Waals surface area (Å²) in [5.74, 6) is 0. The smallest absolute Gasteiger partial charge is 0.423 e. The number of nitro benzene ring substituents is 1. The maximum atomic E-state index is 10.7. The molecule has 7 heteroatoms. The van der Waals surface area contributed by atoms with E-state index in [9.17, 15) is 10.1 Å². The Bertz CT molecular complexity index is 381. The van der Waals surface area contributed by atoms with Gasteiger partial charge < -0.3 is 14.9 Å². The van der Waals surface area contributed by atoms with Crippen LogP contribution in [0, 0.1) is 10.1 Å². The van der Waals surface area contributed by atoms with Crippen LogP contribution in [0.5, 0.6) is 0 Å². The molecule has 0 aromatic heterocycles. The van der Waals surface area contributed by atoms with Gasteiger partial charge in [0.2, 0.25) is 0 Å². The van der Waals surface area contributed by atoms with Crippen molar-refractivity contribution >= 4 is 24.0 Å². The quantitative estimate of drug-likeness (QED) is 0.393. The maximum Gasteiger partial charge on any atom is 0.488 e. The molecule has 0 heterocycles. The van der Waals surface area contributed by atoms with Crippen molar-refractivity contribution in [1.29, 1.82) is 0 Å². The van der Waals surface area contributed by atoms with Crippen molar-refractivity contribution in [2.45, 2.75) is 0 Å². The first-order valence-corrected chi connectivity index (χ1v) is 4.25. The normalized spacial score (nSPS) is 9.87. The van der Waals surface area contributed by atoms with Crippen molar-refractivity contribution in [3.8, 4) is 0 Å². The Kier molecular flexibility index (Phi) is 3.28. The van der Waals surface area contributed by atoms with Gasteiger partial charge >= 0.3 is 7.12 Å². The van der Waals surface area contributed by atoms with Gasteiger partial charge in [0.15, 0.2) is 0 Å². The van der Waals surface area contributed by atoms with E-state index in [0.717, 1.165) is 6.07 Å². The van der Waals surface area contributed by atoms with Gasteiger partial charge in [-0.2, -0.15) is 0 Å². The molecule has 1 aromatic rings. The second kappa shape index (κ2) is 4.29. The molecule has 0 unspecified atom stereocenters. The van der Waals surface area contributed by atoms with Gasteiger partial charge in [-0.1, -0.05) is 6.07 Å². The molecule has 2 N–H and O–H groups in total. The highest BCUT2D eigenvalue weighted by molar-refractivity contribution is 6.58. The van der Waals surface area contributed by atoms with E-state index in [-0.39, 0.29) is 11.2 Å². The minimum atomic E-state index is -1.69. The average Bonchev–Trinajstić information content (AvgIpc) is 2.16. The Labute approximate surface area is 87.1 Å². The molecule has 0 aliphatic rings. The van der Waals surface area contributed by atoms with Gasteiger partial charge in [-0.25, -0.2) is 0 Å². The van der Waals surface area contributed by atoms with Crippen molar-refractivity contribution in [3.05, 3.63) is 28.3 Å². The molecular formula is C8H11BN2O4. The molecule has 80 valence electrons. The highest BCUT2D eigenvalue weighted by Crippen LogP contribution is 2.24. The van der Waals surface area contributed by atoms with E-state index in [0.29, 0.717) is 5.69 Å². The second-order valence-corrected chi connectivity index (χ2v) is 3.27. The lowest BCUT2D eigenvalue weighted by atomic mass is 9.80. The molecule has 0 aliphatic carbocycles. The van der Waals surface area contributed by atoms with E-state index >= 15 is 0 Å². The molecule has 0 saturated heterocycles. The number of nitrogens with zero attached hydrogens (tertiary/aromatic N) is 2. The number of anilines is 1. The second-order valence-electron chi connectivity index (χ2n) is 3.27. The molecule has 0 amide bonds. The van der Waals surface area contributed by atoms with Crippen LogP contribution in [-0.4, -0.2) is 36.2 Å². The lowest BCUT2D eigenvalue weighted by Gasteiger charge is -2.13. The summed E-state index contributed by atoms with van der Waals surface area (Å²) >= 11 is 0. The van der Waals surface area contributed by atoms with Crippen LogP contribution in [0.3, 0.4) is 0 Å². The third-order valence-corrected chi connectivity index (χ3v) is 1.98. The monoisotopic (exact) mass is 210 g/mol. The van der Waals surface area contributed by atoms with E-state index in [2.05, 4.69) is 0 Å². The van der Waals surface area contributed by atoms with Crippen LogP contribution in [0.2, 0.25) is 0 Å². The van der Waals surface area contributed by atoms with Crippen molar-refractivity contribution in [1.82, 2.24) is 0 Å². The lowest BCUT2D eigenvalue weighted by molar-refractivity contribution is -0.384. The molecule has 1 aromatic carbocycles. The Balaban J connectivity index is 3.27. The fourth-order valence-electron chi connectivity index (χ4n) is 1.23. The van der Waals surface area contributed by atoms with Gasteiger partial charge in [-0.05, 0) is 11.5 Å². The maximum absolute atomic E-state index is 10.7. The summed E-state index contributed by atoms with van der Waals surface area (Å²) < 4.78 is 0. The molecule has 0 aliphatic heterocycles. The molecule has 0 saturated carbocycles. The van der Waals surface area contributed by atoms with Gasteiger partial charge in [0.25, 0.3) is 5.69 Å². The first-order valence-electron chi connectivity index (χ1n) is 4.25. The van der Waals surface area contributed by atoms with E-state index in [1.54, 1.807) is 19.0 Å². The fourth-order valence-corrected chi connectivity index (χ4v) is 1.23. The Morgan fingerprint density at radius 3 is 2.40 bits per heavy atom. The third kappa shape index (κ3) is 2.45. The topological polar surface area (TPSA) is 86.8 Å². The summed E-state index contributed by atoms with van der Waals surface area (Å²) in [6.07, 6.45) is 0. The minimum Gasteiger partial charge on any atom is -0.423 e. The number of benzene rings is 1. The van der Waals surface area contributed by atoms with Crippen LogP contribution >= 0.6 is 0 Å². The number of hydrogen-bond acceptors (Lipinski definition) is 5. The van der Waals surface area contributed by atoms with E-state index in [1.165, 1.54) is 12.1 Å². The summed E-state index contributed by atoms with van der Waals surface area (Å²) in [4.78, 5) is 11.8. The first-order chi connectivity index (χ1) is 6.93. The van der Waals surface area contributed by atoms with Crippen LogP contribution in [-0.2, 0) is 0 Å². The zero-order valence-corrected chi connectivity index (χ0v) is 8.41. The van der Waals surface area contributed by atoms with Crippen LogP contribution in [0.4, 0.5) is 11.4 Å². The van der Waals surface area contributed by atoms with E-state index < -0.39 is 12.0 Å². The van der Waals surface area contributed by atoms with Crippen molar-refractivity contribution in [2.75, 3.05) is 19.0 Å². The highest BCUT2D eigenvalue weighted by Gasteiger charge is 2.20. The van der Waals surface area contributed by atoms with Crippen LogP contribution in [0.1, 0.15) is 0 Å². The van der Waals surface area contributed by atoms with Crippen LogP contribution in [0.25, 0.3) is 0 Å². The van der Waals surface area contributed by atoms with Gasteiger partial charge in [0.1, 0.15) is 5.69 Å². The average molecular weight is 210 g/mol. The fraction of sp³-hybridized carbons (Fsp3) is 0.250. The molecule has 15 heavy (non-hydrogen) atoms. The molecule has 0 atom stereocenters. The predicted molar refractivity (Wildman–Crippen MR) is 57.2 cm³/mol. The molecule has 0 bridgehead atoms.